The van der Waals surface area contributed by atoms with Gasteiger partial charge in [-0.25, -0.2) is 5.06 Å². The maximum Gasteiger partial charge on any atom is 0.262 e. The number of halogens is 2. The van der Waals surface area contributed by atoms with E-state index in [2.05, 4.69) is 0 Å². The van der Waals surface area contributed by atoms with Crippen LogP contribution in [-0.4, -0.2) is 22.8 Å². The van der Waals surface area contributed by atoms with Gasteiger partial charge in [0.15, 0.2) is 6.10 Å². The van der Waals surface area contributed by atoms with Crippen molar-refractivity contribution in [2.24, 2.45) is 5.92 Å². The molecule has 2 saturated heterocycles. The SMILES string of the molecule is O=C1[C@@H]2[C@@H](c3ccc(Cl)cc3Cl)N(c3ccccc3)O[C@H]2C(=O)N1Cc1ccccc1. The summed E-state index contributed by atoms with van der Waals surface area (Å²) in [6, 6.07) is 23.4. The minimum absolute atomic E-state index is 0.210. The predicted molar refractivity (Wildman–Crippen MR) is 118 cm³/mol. The average Bonchev–Trinajstić information content (AvgIpc) is 3.27. The molecule has 0 N–H and O–H groups in total. The molecule has 3 aromatic carbocycles. The first-order valence-corrected chi connectivity index (χ1v) is 10.7. The zero-order valence-electron chi connectivity index (χ0n) is 16.3. The molecule has 5 nitrogen and oxygen atoms in total. The fraction of sp³-hybridized carbons (Fsp3) is 0.167. The third-order valence-electron chi connectivity index (χ3n) is 5.68. The van der Waals surface area contributed by atoms with Crippen LogP contribution in [0.3, 0.4) is 0 Å². The number of nitrogens with zero attached hydrogens (tertiary/aromatic N) is 2. The fourth-order valence-electron chi connectivity index (χ4n) is 4.25. The molecule has 0 radical (unpaired) electrons. The molecule has 3 atom stereocenters. The van der Waals surface area contributed by atoms with Crippen LogP contribution < -0.4 is 5.06 Å². The Morgan fingerprint density at radius 2 is 1.52 bits per heavy atom. The number of likely N-dealkylation sites (tertiary alicyclic amines) is 1. The molecule has 2 aliphatic rings. The van der Waals surface area contributed by atoms with Crippen molar-refractivity contribution in [2.45, 2.75) is 18.7 Å². The third kappa shape index (κ3) is 3.49. The first-order valence-electron chi connectivity index (χ1n) is 9.90. The Morgan fingerprint density at radius 1 is 0.839 bits per heavy atom. The molecule has 0 aromatic heterocycles. The van der Waals surface area contributed by atoms with E-state index < -0.39 is 18.1 Å². The molecule has 0 saturated carbocycles. The number of hydrogen-bond acceptors (Lipinski definition) is 4. The summed E-state index contributed by atoms with van der Waals surface area (Å²) in [5, 5.41) is 2.54. The van der Waals surface area contributed by atoms with E-state index >= 15 is 0 Å². The van der Waals surface area contributed by atoms with Gasteiger partial charge in [0.05, 0.1) is 18.3 Å². The zero-order valence-corrected chi connectivity index (χ0v) is 17.8. The molecule has 5 rings (SSSR count). The van der Waals surface area contributed by atoms with Crippen molar-refractivity contribution in [1.82, 2.24) is 4.90 Å². The van der Waals surface area contributed by atoms with Gasteiger partial charge in [0, 0.05) is 10.0 Å². The number of carbonyl (C=O) groups excluding carboxylic acids is 2. The van der Waals surface area contributed by atoms with Gasteiger partial charge in [-0.05, 0) is 35.4 Å². The Kier molecular flexibility index (Phi) is 5.18. The second kappa shape index (κ2) is 8.00. The summed E-state index contributed by atoms with van der Waals surface area (Å²) >= 11 is 12.6. The van der Waals surface area contributed by atoms with Gasteiger partial charge in [-0.3, -0.25) is 19.3 Å². The molecule has 2 amide bonds. The van der Waals surface area contributed by atoms with Gasteiger partial charge in [-0.1, -0.05) is 77.8 Å². The fourth-order valence-corrected chi connectivity index (χ4v) is 4.77. The van der Waals surface area contributed by atoms with Crippen molar-refractivity contribution in [2.75, 3.05) is 5.06 Å². The van der Waals surface area contributed by atoms with Crippen LogP contribution in [0.15, 0.2) is 78.9 Å². The molecule has 0 aliphatic carbocycles. The monoisotopic (exact) mass is 452 g/mol. The quantitative estimate of drug-likeness (QED) is 0.520. The molecule has 3 aromatic rings. The van der Waals surface area contributed by atoms with Gasteiger partial charge in [0.1, 0.15) is 5.92 Å². The van der Waals surface area contributed by atoms with Crippen LogP contribution in [0.2, 0.25) is 10.0 Å². The summed E-state index contributed by atoms with van der Waals surface area (Å²) in [6.07, 6.45) is -0.909. The zero-order chi connectivity index (χ0) is 21.5. The molecule has 2 fully saturated rings. The van der Waals surface area contributed by atoms with Crippen LogP contribution in [0.5, 0.6) is 0 Å². The lowest BCUT2D eigenvalue weighted by molar-refractivity contribution is -0.143. The van der Waals surface area contributed by atoms with E-state index in [1.165, 1.54) is 4.90 Å². The average molecular weight is 453 g/mol. The van der Waals surface area contributed by atoms with Crippen LogP contribution >= 0.6 is 23.2 Å². The minimum atomic E-state index is -0.909. The molecule has 2 aliphatic heterocycles. The van der Waals surface area contributed by atoms with E-state index in [0.29, 0.717) is 15.6 Å². The second-order valence-corrected chi connectivity index (χ2v) is 8.42. The Balaban J connectivity index is 1.55. The van der Waals surface area contributed by atoms with Gasteiger partial charge in [0.25, 0.3) is 5.91 Å². The molecular formula is C24H18Cl2N2O3. The molecule has 0 bridgehead atoms. The number of anilines is 1. The summed E-state index contributed by atoms with van der Waals surface area (Å²) in [7, 11) is 0. The lowest BCUT2D eigenvalue weighted by Gasteiger charge is -2.29. The first-order chi connectivity index (χ1) is 15.0. The highest BCUT2D eigenvalue weighted by Gasteiger charge is 2.60. The Bertz CT molecular complexity index is 1140. The van der Waals surface area contributed by atoms with Crippen LogP contribution in [0.1, 0.15) is 17.2 Å². The van der Waals surface area contributed by atoms with Crippen LogP contribution in [-0.2, 0) is 21.0 Å². The number of imide groups is 1. The summed E-state index contributed by atoms with van der Waals surface area (Å²) < 4.78 is 0. The molecule has 156 valence electrons. The van der Waals surface area contributed by atoms with Crippen molar-refractivity contribution < 1.29 is 14.4 Å². The minimum Gasteiger partial charge on any atom is -0.275 e. The van der Waals surface area contributed by atoms with Gasteiger partial charge in [0.2, 0.25) is 5.91 Å². The topological polar surface area (TPSA) is 49.9 Å². The largest absolute Gasteiger partial charge is 0.275 e. The predicted octanol–water partition coefficient (Wildman–Crippen LogP) is 5.04. The first kappa shape index (κ1) is 20.1. The highest BCUT2D eigenvalue weighted by atomic mass is 35.5. The van der Waals surface area contributed by atoms with Crippen molar-refractivity contribution in [3.05, 3.63) is 100 Å². The third-order valence-corrected chi connectivity index (χ3v) is 6.24. The molecule has 2 heterocycles. The number of amides is 2. The van der Waals surface area contributed by atoms with Crippen molar-refractivity contribution in [1.29, 1.82) is 0 Å². The van der Waals surface area contributed by atoms with Crippen LogP contribution in [0.25, 0.3) is 0 Å². The number of para-hydroxylation sites is 1. The maximum atomic E-state index is 13.5. The number of carbonyl (C=O) groups is 2. The Hall–Kier alpha value is -2.86. The smallest absolute Gasteiger partial charge is 0.262 e. The number of fused-ring (bicyclic) bond motifs is 1. The van der Waals surface area contributed by atoms with Gasteiger partial charge in [-0.15, -0.1) is 0 Å². The van der Waals surface area contributed by atoms with Crippen molar-refractivity contribution in [3.8, 4) is 0 Å². The normalized spacial score (nSPS) is 22.8. The Morgan fingerprint density at radius 3 is 2.19 bits per heavy atom. The van der Waals surface area contributed by atoms with E-state index in [4.69, 9.17) is 28.0 Å². The lowest BCUT2D eigenvalue weighted by Crippen LogP contribution is -2.37. The molecule has 7 heteroatoms. The molecular weight excluding hydrogens is 435 g/mol. The number of hydroxylamine groups is 1. The second-order valence-electron chi connectivity index (χ2n) is 7.57. The van der Waals surface area contributed by atoms with E-state index in [9.17, 15) is 9.59 Å². The van der Waals surface area contributed by atoms with Crippen LogP contribution in [0.4, 0.5) is 5.69 Å². The summed E-state index contributed by atoms with van der Waals surface area (Å²) in [5.41, 5.74) is 2.30. The van der Waals surface area contributed by atoms with Crippen molar-refractivity contribution in [3.63, 3.8) is 0 Å². The highest BCUT2D eigenvalue weighted by Crippen LogP contribution is 2.48. The molecule has 31 heavy (non-hydrogen) atoms. The maximum absolute atomic E-state index is 13.5. The van der Waals surface area contributed by atoms with E-state index in [1.807, 2.05) is 60.7 Å². The number of hydrogen-bond donors (Lipinski definition) is 0. The van der Waals surface area contributed by atoms with E-state index in [0.717, 1.165) is 11.3 Å². The molecule has 0 unspecified atom stereocenters. The summed E-state index contributed by atoms with van der Waals surface area (Å²) in [6.45, 7) is 0.210. The number of benzene rings is 3. The Labute approximate surface area is 189 Å². The van der Waals surface area contributed by atoms with E-state index in [-0.39, 0.29) is 18.4 Å². The summed E-state index contributed by atoms with van der Waals surface area (Å²) in [4.78, 5) is 34.0. The molecule has 0 spiro atoms. The van der Waals surface area contributed by atoms with Gasteiger partial charge >= 0.3 is 0 Å². The summed E-state index contributed by atoms with van der Waals surface area (Å²) in [5.74, 6) is -1.32. The number of rotatable bonds is 4. The van der Waals surface area contributed by atoms with Gasteiger partial charge < -0.3 is 0 Å². The van der Waals surface area contributed by atoms with Crippen molar-refractivity contribution >= 4 is 40.7 Å². The van der Waals surface area contributed by atoms with Gasteiger partial charge in [-0.2, -0.15) is 0 Å². The highest BCUT2D eigenvalue weighted by molar-refractivity contribution is 6.35. The van der Waals surface area contributed by atoms with Crippen LogP contribution in [0, 0.1) is 5.92 Å². The van der Waals surface area contributed by atoms with E-state index in [1.54, 1.807) is 23.3 Å². The standard InChI is InChI=1S/C24H18Cl2N2O3/c25-16-11-12-18(19(26)13-16)21-20-22(31-28(21)17-9-5-2-6-10-17)24(30)27(23(20)29)14-15-7-3-1-4-8-15/h1-13,20-22H,14H2/t20-,21-,22-/m1/s1. The lowest BCUT2D eigenvalue weighted by atomic mass is 9.90.